The Morgan fingerprint density at radius 2 is 2.00 bits per heavy atom. The largest absolute Gasteiger partial charge is 0.354 e. The van der Waals surface area contributed by atoms with Gasteiger partial charge < -0.3 is 27.0 Å². The number of halogens is 1. The second-order valence-electron chi connectivity index (χ2n) is 8.08. The Morgan fingerprint density at radius 3 is 2.65 bits per heavy atom. The molecule has 1 aromatic carbocycles. The number of fused-ring (bicyclic) bond motifs is 1. The predicted molar refractivity (Wildman–Crippen MR) is 117 cm³/mol. The molecule has 9 nitrogen and oxygen atoms in total. The van der Waals surface area contributed by atoms with Crippen molar-refractivity contribution in [3.63, 3.8) is 0 Å². The molecule has 0 radical (unpaired) electrons. The third kappa shape index (κ3) is 6.10. The molecule has 5 amide bonds. The molecule has 1 aromatic rings. The number of primary amides is 1. The molecular formula is C21H28ClN5O4. The SMILES string of the molecule is CCC[C@@H](NC(N)=O)C(=O)NC(CNC(=O)CC1C(=O)Nc2ccc(Cl)cc21)C1CC1. The Labute approximate surface area is 185 Å². The molecule has 0 spiro atoms. The Balaban J connectivity index is 1.55. The number of benzene rings is 1. The molecule has 1 heterocycles. The molecule has 10 heteroatoms. The normalized spacial score (nSPS) is 19.0. The van der Waals surface area contributed by atoms with Gasteiger partial charge in [-0.05, 0) is 48.9 Å². The number of anilines is 1. The summed E-state index contributed by atoms with van der Waals surface area (Å²) >= 11 is 6.03. The fourth-order valence-electron chi connectivity index (χ4n) is 3.83. The lowest BCUT2D eigenvalue weighted by molar-refractivity contribution is -0.126. The Morgan fingerprint density at radius 1 is 1.26 bits per heavy atom. The molecule has 1 saturated carbocycles. The van der Waals surface area contributed by atoms with Crippen molar-refractivity contribution < 1.29 is 19.2 Å². The van der Waals surface area contributed by atoms with Crippen LogP contribution in [0.4, 0.5) is 10.5 Å². The van der Waals surface area contributed by atoms with Gasteiger partial charge in [0.05, 0.1) is 5.92 Å². The summed E-state index contributed by atoms with van der Waals surface area (Å²) in [6.07, 6.45) is 3.08. The molecular weight excluding hydrogens is 422 g/mol. The van der Waals surface area contributed by atoms with Crippen LogP contribution in [0.5, 0.6) is 0 Å². The average molecular weight is 450 g/mol. The number of urea groups is 1. The summed E-state index contributed by atoms with van der Waals surface area (Å²) in [5.41, 5.74) is 6.54. The van der Waals surface area contributed by atoms with Crippen molar-refractivity contribution in [2.45, 2.75) is 57.0 Å². The van der Waals surface area contributed by atoms with Gasteiger partial charge in [0.15, 0.2) is 0 Å². The molecule has 2 aliphatic rings. The van der Waals surface area contributed by atoms with Gasteiger partial charge in [-0.3, -0.25) is 14.4 Å². The minimum Gasteiger partial charge on any atom is -0.354 e. The zero-order valence-electron chi connectivity index (χ0n) is 17.4. The van der Waals surface area contributed by atoms with Crippen molar-refractivity contribution in [2.75, 3.05) is 11.9 Å². The second-order valence-corrected chi connectivity index (χ2v) is 8.52. The lowest BCUT2D eigenvalue weighted by Crippen LogP contribution is -2.53. The Bertz CT molecular complexity index is 873. The number of rotatable bonds is 10. The highest BCUT2D eigenvalue weighted by Gasteiger charge is 2.35. The zero-order chi connectivity index (χ0) is 22.5. The maximum Gasteiger partial charge on any atom is 0.312 e. The molecule has 1 aliphatic carbocycles. The third-order valence-electron chi connectivity index (χ3n) is 5.60. The number of hydrogen-bond donors (Lipinski definition) is 5. The Kier molecular flexibility index (Phi) is 7.37. The zero-order valence-corrected chi connectivity index (χ0v) is 18.1. The van der Waals surface area contributed by atoms with E-state index < -0.39 is 18.0 Å². The smallest absolute Gasteiger partial charge is 0.312 e. The van der Waals surface area contributed by atoms with Gasteiger partial charge in [-0.25, -0.2) is 4.79 Å². The van der Waals surface area contributed by atoms with E-state index in [-0.39, 0.29) is 42.6 Å². The van der Waals surface area contributed by atoms with Crippen molar-refractivity contribution in [2.24, 2.45) is 11.7 Å². The number of nitrogens with two attached hydrogens (primary N) is 1. The fourth-order valence-corrected chi connectivity index (χ4v) is 4.01. The minimum atomic E-state index is -0.750. The van der Waals surface area contributed by atoms with Crippen LogP contribution in [-0.4, -0.2) is 42.4 Å². The van der Waals surface area contributed by atoms with E-state index in [0.717, 1.165) is 12.8 Å². The Hall–Kier alpha value is -2.81. The summed E-state index contributed by atoms with van der Waals surface area (Å²) in [5.74, 6) is -1.16. The lowest BCUT2D eigenvalue weighted by Gasteiger charge is -2.23. The van der Waals surface area contributed by atoms with Gasteiger partial charge in [-0.2, -0.15) is 0 Å². The molecule has 0 aromatic heterocycles. The van der Waals surface area contributed by atoms with Crippen LogP contribution in [0.2, 0.25) is 5.02 Å². The van der Waals surface area contributed by atoms with Crippen molar-refractivity contribution in [1.29, 1.82) is 0 Å². The van der Waals surface area contributed by atoms with E-state index in [0.29, 0.717) is 29.1 Å². The summed E-state index contributed by atoms with van der Waals surface area (Å²) in [7, 11) is 0. The summed E-state index contributed by atoms with van der Waals surface area (Å²) < 4.78 is 0. The lowest BCUT2D eigenvalue weighted by atomic mass is 9.97. The first-order valence-corrected chi connectivity index (χ1v) is 10.9. The number of carbonyl (C=O) groups is 4. The van der Waals surface area contributed by atoms with Gasteiger partial charge in [-0.1, -0.05) is 24.9 Å². The van der Waals surface area contributed by atoms with Crippen LogP contribution in [-0.2, 0) is 14.4 Å². The van der Waals surface area contributed by atoms with E-state index in [9.17, 15) is 19.2 Å². The van der Waals surface area contributed by atoms with Crippen molar-refractivity contribution in [3.8, 4) is 0 Å². The van der Waals surface area contributed by atoms with E-state index >= 15 is 0 Å². The molecule has 3 rings (SSSR count). The first kappa shape index (κ1) is 22.9. The fraction of sp³-hybridized carbons (Fsp3) is 0.524. The molecule has 31 heavy (non-hydrogen) atoms. The maximum absolute atomic E-state index is 12.6. The van der Waals surface area contributed by atoms with Crippen molar-refractivity contribution >= 4 is 41.0 Å². The number of nitrogens with one attached hydrogen (secondary N) is 4. The van der Waals surface area contributed by atoms with E-state index in [2.05, 4.69) is 21.3 Å². The van der Waals surface area contributed by atoms with Gasteiger partial charge in [0.2, 0.25) is 17.7 Å². The highest BCUT2D eigenvalue weighted by molar-refractivity contribution is 6.31. The molecule has 1 aliphatic heterocycles. The average Bonchev–Trinajstić information content (AvgIpc) is 3.50. The van der Waals surface area contributed by atoms with Crippen LogP contribution in [0.1, 0.15) is 50.5 Å². The molecule has 0 bridgehead atoms. The van der Waals surface area contributed by atoms with Crippen LogP contribution in [0.25, 0.3) is 0 Å². The topological polar surface area (TPSA) is 142 Å². The molecule has 2 unspecified atom stereocenters. The van der Waals surface area contributed by atoms with Gasteiger partial charge in [-0.15, -0.1) is 0 Å². The number of amides is 5. The maximum atomic E-state index is 12.6. The van der Waals surface area contributed by atoms with E-state index in [1.165, 1.54) is 0 Å². The predicted octanol–water partition coefficient (Wildman–Crippen LogP) is 1.61. The van der Waals surface area contributed by atoms with E-state index in [1.54, 1.807) is 18.2 Å². The summed E-state index contributed by atoms with van der Waals surface area (Å²) in [6.45, 7) is 2.16. The minimum absolute atomic E-state index is 0.00774. The highest BCUT2D eigenvalue weighted by atomic mass is 35.5. The van der Waals surface area contributed by atoms with Crippen LogP contribution in [0, 0.1) is 5.92 Å². The van der Waals surface area contributed by atoms with Crippen LogP contribution >= 0.6 is 11.6 Å². The third-order valence-corrected chi connectivity index (χ3v) is 5.84. The summed E-state index contributed by atoms with van der Waals surface area (Å²) in [4.78, 5) is 48.6. The van der Waals surface area contributed by atoms with Gasteiger partial charge in [0.1, 0.15) is 6.04 Å². The van der Waals surface area contributed by atoms with Gasteiger partial charge >= 0.3 is 6.03 Å². The monoisotopic (exact) mass is 449 g/mol. The van der Waals surface area contributed by atoms with Crippen LogP contribution in [0.15, 0.2) is 18.2 Å². The molecule has 0 saturated heterocycles. The molecule has 3 atom stereocenters. The summed E-state index contributed by atoms with van der Waals surface area (Å²) in [6, 6.07) is 3.40. The molecule has 168 valence electrons. The van der Waals surface area contributed by atoms with E-state index in [1.807, 2.05) is 6.92 Å². The first-order valence-electron chi connectivity index (χ1n) is 10.5. The first-order chi connectivity index (χ1) is 14.8. The van der Waals surface area contributed by atoms with Gasteiger partial charge in [0, 0.05) is 29.7 Å². The quantitative estimate of drug-likeness (QED) is 0.369. The summed E-state index contributed by atoms with van der Waals surface area (Å²) in [5, 5.41) is 11.5. The molecule has 1 fully saturated rings. The highest BCUT2D eigenvalue weighted by Crippen LogP contribution is 2.36. The van der Waals surface area contributed by atoms with Crippen molar-refractivity contribution in [1.82, 2.24) is 16.0 Å². The molecule has 6 N–H and O–H groups in total. The van der Waals surface area contributed by atoms with E-state index in [4.69, 9.17) is 17.3 Å². The standard InChI is InChI=1S/C21H28ClN5O4/c1-2-3-16(27-21(23)31)20(30)26-17(11-4-5-11)10-24-18(28)9-14-13-8-12(22)6-7-15(13)25-19(14)29/h6-8,11,14,16-17H,2-5,9-10H2,1H3,(H,24,28)(H,25,29)(H,26,30)(H3,23,27,31)/t14?,16-,17?/m1/s1. The van der Waals surface area contributed by atoms with Gasteiger partial charge in [0.25, 0.3) is 0 Å². The van der Waals surface area contributed by atoms with Crippen LogP contribution in [0.3, 0.4) is 0 Å². The number of carbonyl (C=O) groups excluding carboxylic acids is 4. The van der Waals surface area contributed by atoms with Crippen molar-refractivity contribution in [3.05, 3.63) is 28.8 Å². The number of hydrogen-bond acceptors (Lipinski definition) is 4. The second kappa shape index (κ2) is 10.00. The van der Waals surface area contributed by atoms with Crippen LogP contribution < -0.4 is 27.0 Å².